The van der Waals surface area contributed by atoms with Crippen molar-refractivity contribution in [2.45, 2.75) is 18.0 Å². The summed E-state index contributed by atoms with van der Waals surface area (Å²) in [5.41, 5.74) is -0.0678. The molecule has 0 bridgehead atoms. The molecule has 0 spiro atoms. The molecule has 0 aliphatic rings. The predicted molar refractivity (Wildman–Crippen MR) is 96.4 cm³/mol. The molecule has 1 aromatic carbocycles. The molecule has 0 aliphatic heterocycles. The van der Waals surface area contributed by atoms with Crippen LogP contribution in [0.1, 0.15) is 12.6 Å². The molecule has 0 unspecified atom stereocenters. The van der Waals surface area contributed by atoms with Crippen LogP contribution in [0.4, 0.5) is 18.9 Å². The maximum Gasteiger partial charge on any atom is 0.433 e. The van der Waals surface area contributed by atoms with Gasteiger partial charge in [-0.25, -0.2) is 9.97 Å². The molecule has 3 rings (SSSR count). The summed E-state index contributed by atoms with van der Waals surface area (Å²) in [6.07, 6.45) is -3.46. The molecular weight excluding hydrogens is 405 g/mol. The van der Waals surface area contributed by atoms with E-state index in [2.05, 4.69) is 9.97 Å². The first kappa shape index (κ1) is 19.7. The zero-order chi connectivity index (χ0) is 19.9. The number of aryl methyl sites for hydroxylation is 1. The van der Waals surface area contributed by atoms with E-state index in [9.17, 15) is 23.6 Å². The van der Waals surface area contributed by atoms with E-state index in [1.807, 2.05) is 6.92 Å². The van der Waals surface area contributed by atoms with E-state index in [4.69, 9.17) is 11.6 Å². The number of halogens is 4. The smallest absolute Gasteiger partial charge is 0.326 e. The standard InChI is InChI=1S/C16H14ClF3N4O2S/c1-3-27-13-5-9(17)11(24(25)26)4-8(13)15-22-10-6-14(16(18,19)20)21-7-12(10)23(15)2/h4-7,25-26H,3H2,1-2H3. The number of aromatic nitrogens is 3. The van der Waals surface area contributed by atoms with Crippen molar-refractivity contribution in [1.82, 2.24) is 14.5 Å². The highest BCUT2D eigenvalue weighted by molar-refractivity contribution is 7.99. The van der Waals surface area contributed by atoms with Gasteiger partial charge in [0, 0.05) is 17.5 Å². The third-order valence-electron chi connectivity index (χ3n) is 3.86. The van der Waals surface area contributed by atoms with Crippen LogP contribution < -0.4 is 5.23 Å². The molecule has 0 aliphatic carbocycles. The highest BCUT2D eigenvalue weighted by Crippen LogP contribution is 2.39. The largest absolute Gasteiger partial charge is 0.433 e. The zero-order valence-corrected chi connectivity index (χ0v) is 15.7. The molecule has 0 saturated carbocycles. The van der Waals surface area contributed by atoms with Crippen molar-refractivity contribution in [3.63, 3.8) is 0 Å². The lowest BCUT2D eigenvalue weighted by molar-refractivity contribution is -0.141. The van der Waals surface area contributed by atoms with E-state index in [0.717, 1.165) is 12.3 Å². The van der Waals surface area contributed by atoms with E-state index < -0.39 is 11.9 Å². The van der Waals surface area contributed by atoms with Crippen molar-refractivity contribution in [1.29, 1.82) is 0 Å². The molecule has 2 N–H and O–H groups in total. The molecule has 0 fully saturated rings. The topological polar surface area (TPSA) is 74.4 Å². The fourth-order valence-corrected chi connectivity index (χ4v) is 3.75. The van der Waals surface area contributed by atoms with Crippen molar-refractivity contribution >= 4 is 40.1 Å². The minimum atomic E-state index is -4.57. The number of benzene rings is 1. The van der Waals surface area contributed by atoms with Crippen LogP contribution in [0, 0.1) is 0 Å². The second-order valence-electron chi connectivity index (χ2n) is 5.57. The van der Waals surface area contributed by atoms with Crippen LogP contribution in [0.5, 0.6) is 0 Å². The van der Waals surface area contributed by atoms with Gasteiger partial charge in [-0.2, -0.15) is 13.2 Å². The van der Waals surface area contributed by atoms with Crippen LogP contribution in [-0.4, -0.2) is 30.7 Å². The van der Waals surface area contributed by atoms with Gasteiger partial charge in [-0.05, 0) is 24.0 Å². The number of rotatable bonds is 4. The van der Waals surface area contributed by atoms with Crippen molar-refractivity contribution in [2.24, 2.45) is 7.05 Å². The lowest BCUT2D eigenvalue weighted by atomic mass is 10.2. The number of pyridine rings is 1. The number of alkyl halides is 3. The average molecular weight is 419 g/mol. The molecule has 0 amide bonds. The first-order chi connectivity index (χ1) is 12.6. The van der Waals surface area contributed by atoms with Crippen molar-refractivity contribution in [3.05, 3.63) is 35.1 Å². The van der Waals surface area contributed by atoms with E-state index in [-0.39, 0.29) is 21.5 Å². The summed E-state index contributed by atoms with van der Waals surface area (Å²) in [7, 11) is 1.64. The molecule has 0 radical (unpaired) electrons. The van der Waals surface area contributed by atoms with Gasteiger partial charge < -0.3 is 4.57 Å². The van der Waals surface area contributed by atoms with Crippen LogP contribution in [0.15, 0.2) is 29.3 Å². The third-order valence-corrected chi connectivity index (χ3v) is 5.10. The molecule has 2 aromatic heterocycles. The summed E-state index contributed by atoms with van der Waals surface area (Å²) < 4.78 is 40.4. The van der Waals surface area contributed by atoms with Crippen LogP contribution >= 0.6 is 23.4 Å². The number of fused-ring (bicyclic) bond motifs is 1. The van der Waals surface area contributed by atoms with E-state index in [0.29, 0.717) is 27.6 Å². The van der Waals surface area contributed by atoms with Crippen LogP contribution in [-0.2, 0) is 13.2 Å². The predicted octanol–water partition coefficient (Wildman–Crippen LogP) is 5.00. The van der Waals surface area contributed by atoms with Crippen molar-refractivity contribution in [2.75, 3.05) is 11.0 Å². The number of imidazole rings is 1. The van der Waals surface area contributed by atoms with Gasteiger partial charge in [0.15, 0.2) is 0 Å². The Morgan fingerprint density at radius 3 is 2.56 bits per heavy atom. The van der Waals surface area contributed by atoms with Gasteiger partial charge in [0.05, 0.1) is 22.3 Å². The lowest BCUT2D eigenvalue weighted by Crippen LogP contribution is -2.12. The number of nitrogens with zero attached hydrogens (tertiary/aromatic N) is 4. The Morgan fingerprint density at radius 2 is 1.96 bits per heavy atom. The van der Waals surface area contributed by atoms with Gasteiger partial charge in [0.1, 0.15) is 17.2 Å². The molecular formula is C16H14ClF3N4O2S. The minimum absolute atomic E-state index is 0.0757. The third kappa shape index (κ3) is 3.70. The number of hydrogen-bond acceptors (Lipinski definition) is 6. The summed E-state index contributed by atoms with van der Waals surface area (Å²) in [4.78, 5) is 8.48. The van der Waals surface area contributed by atoms with E-state index in [1.165, 1.54) is 17.8 Å². The summed E-state index contributed by atoms with van der Waals surface area (Å²) in [6.45, 7) is 1.93. The Labute approximate surface area is 161 Å². The maximum absolute atomic E-state index is 12.9. The van der Waals surface area contributed by atoms with Gasteiger partial charge in [-0.15, -0.1) is 17.0 Å². The quantitative estimate of drug-likeness (QED) is 0.458. The highest BCUT2D eigenvalue weighted by atomic mass is 35.5. The Bertz CT molecular complexity index is 1010. The van der Waals surface area contributed by atoms with Gasteiger partial charge >= 0.3 is 6.18 Å². The Hall–Kier alpha value is -2.01. The first-order valence-electron chi connectivity index (χ1n) is 7.67. The molecule has 11 heteroatoms. The fraction of sp³-hybridized carbons (Fsp3) is 0.250. The maximum atomic E-state index is 12.9. The molecule has 3 aromatic rings. The molecule has 0 saturated heterocycles. The summed E-state index contributed by atoms with van der Waals surface area (Å²) >= 11 is 7.51. The number of anilines is 1. The van der Waals surface area contributed by atoms with Gasteiger partial charge in [-0.3, -0.25) is 10.4 Å². The Morgan fingerprint density at radius 1 is 1.26 bits per heavy atom. The summed E-state index contributed by atoms with van der Waals surface area (Å²) in [5.74, 6) is 1.05. The molecule has 2 heterocycles. The molecule has 144 valence electrons. The fourth-order valence-electron chi connectivity index (χ4n) is 2.63. The van der Waals surface area contributed by atoms with Gasteiger partial charge in [-0.1, -0.05) is 18.5 Å². The summed E-state index contributed by atoms with van der Waals surface area (Å²) in [5, 5.41) is 18.7. The molecule has 27 heavy (non-hydrogen) atoms. The minimum Gasteiger partial charge on any atom is -0.326 e. The van der Waals surface area contributed by atoms with E-state index in [1.54, 1.807) is 17.7 Å². The summed E-state index contributed by atoms with van der Waals surface area (Å²) in [6, 6.07) is 3.85. The molecule has 6 nitrogen and oxygen atoms in total. The van der Waals surface area contributed by atoms with Crippen molar-refractivity contribution in [3.8, 4) is 11.4 Å². The second-order valence-corrected chi connectivity index (χ2v) is 7.29. The normalized spacial score (nSPS) is 12.0. The van der Waals surface area contributed by atoms with Crippen molar-refractivity contribution < 1.29 is 23.6 Å². The van der Waals surface area contributed by atoms with Crippen LogP contribution in [0.2, 0.25) is 5.02 Å². The Kier molecular flexibility index (Phi) is 5.26. The average Bonchev–Trinajstić information content (AvgIpc) is 2.90. The van der Waals surface area contributed by atoms with Crippen LogP contribution in [0.25, 0.3) is 22.4 Å². The van der Waals surface area contributed by atoms with E-state index >= 15 is 0 Å². The van der Waals surface area contributed by atoms with Gasteiger partial charge in [0.25, 0.3) is 0 Å². The monoisotopic (exact) mass is 418 g/mol. The second kappa shape index (κ2) is 7.19. The zero-order valence-electron chi connectivity index (χ0n) is 14.1. The van der Waals surface area contributed by atoms with Gasteiger partial charge in [0.2, 0.25) is 0 Å². The SMILES string of the molecule is CCSc1cc(Cl)c(N(O)O)cc1-c1nc2cc(C(F)(F)F)ncc2n1C. The first-order valence-corrected chi connectivity index (χ1v) is 9.04. The number of hydrogen-bond donors (Lipinski definition) is 2. The van der Waals surface area contributed by atoms with Crippen LogP contribution in [0.3, 0.4) is 0 Å². The Balaban J connectivity index is 2.25. The highest BCUT2D eigenvalue weighted by Gasteiger charge is 2.33. The number of thioether (sulfide) groups is 1. The molecule has 0 atom stereocenters. The lowest BCUT2D eigenvalue weighted by Gasteiger charge is -2.15.